The highest BCUT2D eigenvalue weighted by Crippen LogP contribution is 2.28. The molecule has 0 fully saturated rings. The molecule has 1 heterocycles. The van der Waals surface area contributed by atoms with Crippen molar-refractivity contribution in [2.24, 2.45) is 7.05 Å². The van der Waals surface area contributed by atoms with Gasteiger partial charge in [-0.15, -0.1) is 10.2 Å². The van der Waals surface area contributed by atoms with Gasteiger partial charge in [0.2, 0.25) is 5.91 Å². The van der Waals surface area contributed by atoms with Crippen LogP contribution in [0.15, 0.2) is 47.6 Å². The number of aromatic nitrogens is 3. The maximum absolute atomic E-state index is 13.8. The molecule has 1 amide bonds. The van der Waals surface area contributed by atoms with Gasteiger partial charge in [0.25, 0.3) is 0 Å². The highest BCUT2D eigenvalue weighted by atomic mass is 32.2. The molecule has 1 N–H and O–H groups in total. The molecule has 1 atom stereocenters. The van der Waals surface area contributed by atoms with E-state index in [1.807, 2.05) is 31.3 Å². The molecule has 0 radical (unpaired) electrons. The SMILES string of the molecule is CCN(CC)c1ccc(-c2nnc(SC(C)C(=O)Nc3c(F)cccc3F)n2C)cc1. The molecule has 31 heavy (non-hydrogen) atoms. The van der Waals surface area contributed by atoms with Crippen molar-refractivity contribution in [3.8, 4) is 11.4 Å². The van der Waals surface area contributed by atoms with Crippen molar-refractivity contribution in [2.75, 3.05) is 23.3 Å². The number of carbonyl (C=O) groups excluding carboxylic acids is 1. The van der Waals surface area contributed by atoms with Crippen LogP contribution in [-0.4, -0.2) is 39.0 Å². The van der Waals surface area contributed by atoms with Crippen molar-refractivity contribution in [1.29, 1.82) is 0 Å². The van der Waals surface area contributed by atoms with Gasteiger partial charge in [0, 0.05) is 31.4 Å². The van der Waals surface area contributed by atoms with E-state index in [2.05, 4.69) is 34.3 Å². The third-order valence-electron chi connectivity index (χ3n) is 4.95. The summed E-state index contributed by atoms with van der Waals surface area (Å²) in [5.41, 5.74) is 1.59. The van der Waals surface area contributed by atoms with Gasteiger partial charge in [-0.2, -0.15) is 0 Å². The van der Waals surface area contributed by atoms with Gasteiger partial charge >= 0.3 is 0 Å². The third kappa shape index (κ3) is 5.04. The fraction of sp³-hybridized carbons (Fsp3) is 0.318. The molecule has 0 bridgehead atoms. The second-order valence-corrected chi connectivity index (χ2v) is 8.24. The fourth-order valence-electron chi connectivity index (χ4n) is 3.13. The van der Waals surface area contributed by atoms with Gasteiger partial charge in [-0.1, -0.05) is 17.8 Å². The van der Waals surface area contributed by atoms with Gasteiger partial charge < -0.3 is 14.8 Å². The first-order chi connectivity index (χ1) is 14.8. The predicted molar refractivity (Wildman–Crippen MR) is 120 cm³/mol. The summed E-state index contributed by atoms with van der Waals surface area (Å²) in [7, 11) is 1.82. The zero-order valence-electron chi connectivity index (χ0n) is 17.9. The Kier molecular flexibility index (Phi) is 7.27. The van der Waals surface area contributed by atoms with Gasteiger partial charge in [0.15, 0.2) is 11.0 Å². The molecule has 0 aliphatic heterocycles. The number of nitrogens with zero attached hydrogens (tertiary/aromatic N) is 4. The highest BCUT2D eigenvalue weighted by Gasteiger charge is 2.21. The van der Waals surface area contributed by atoms with Gasteiger partial charge in [0.05, 0.1) is 5.25 Å². The number of anilines is 2. The van der Waals surface area contributed by atoms with E-state index < -0.39 is 28.5 Å². The fourth-order valence-corrected chi connectivity index (χ4v) is 3.95. The number of thioether (sulfide) groups is 1. The Bertz CT molecular complexity index is 1030. The van der Waals surface area contributed by atoms with Crippen LogP contribution in [-0.2, 0) is 11.8 Å². The van der Waals surface area contributed by atoms with E-state index in [0.717, 1.165) is 48.2 Å². The van der Waals surface area contributed by atoms with Crippen molar-refractivity contribution in [3.63, 3.8) is 0 Å². The molecular weight excluding hydrogens is 420 g/mol. The Morgan fingerprint density at radius 2 is 1.71 bits per heavy atom. The first kappa shape index (κ1) is 22.7. The van der Waals surface area contributed by atoms with Crippen molar-refractivity contribution in [2.45, 2.75) is 31.2 Å². The number of rotatable bonds is 8. The summed E-state index contributed by atoms with van der Waals surface area (Å²) in [4.78, 5) is 14.7. The number of nitrogens with one attached hydrogen (secondary N) is 1. The maximum atomic E-state index is 13.8. The molecule has 0 saturated heterocycles. The quantitative estimate of drug-likeness (QED) is 0.508. The van der Waals surface area contributed by atoms with Crippen molar-refractivity contribution < 1.29 is 13.6 Å². The molecule has 0 aliphatic rings. The summed E-state index contributed by atoms with van der Waals surface area (Å²) in [6, 6.07) is 11.5. The van der Waals surface area contributed by atoms with Gasteiger partial charge in [0.1, 0.15) is 17.3 Å². The van der Waals surface area contributed by atoms with Gasteiger partial charge in [-0.05, 0) is 57.2 Å². The molecule has 9 heteroatoms. The number of hydrogen-bond acceptors (Lipinski definition) is 5. The highest BCUT2D eigenvalue weighted by molar-refractivity contribution is 8.00. The largest absolute Gasteiger partial charge is 0.372 e. The van der Waals surface area contributed by atoms with Crippen LogP contribution < -0.4 is 10.2 Å². The van der Waals surface area contributed by atoms with E-state index in [0.29, 0.717) is 11.0 Å². The molecule has 2 aromatic carbocycles. The zero-order valence-corrected chi connectivity index (χ0v) is 18.7. The third-order valence-corrected chi connectivity index (χ3v) is 6.09. The topological polar surface area (TPSA) is 63.1 Å². The molecule has 0 saturated carbocycles. The number of amides is 1. The van der Waals surface area contributed by atoms with Crippen LogP contribution in [0, 0.1) is 11.6 Å². The van der Waals surface area contributed by atoms with Crippen LogP contribution in [0.3, 0.4) is 0 Å². The van der Waals surface area contributed by atoms with E-state index in [4.69, 9.17) is 0 Å². The number of halogens is 2. The lowest BCUT2D eigenvalue weighted by atomic mass is 10.2. The lowest BCUT2D eigenvalue weighted by Gasteiger charge is -2.21. The maximum Gasteiger partial charge on any atom is 0.237 e. The molecule has 1 aromatic heterocycles. The average molecular weight is 446 g/mol. The van der Waals surface area contributed by atoms with E-state index in [1.165, 1.54) is 6.07 Å². The van der Waals surface area contributed by atoms with Crippen LogP contribution in [0.1, 0.15) is 20.8 Å². The van der Waals surface area contributed by atoms with E-state index >= 15 is 0 Å². The number of benzene rings is 2. The second-order valence-electron chi connectivity index (χ2n) is 6.93. The first-order valence-electron chi connectivity index (χ1n) is 10.0. The summed E-state index contributed by atoms with van der Waals surface area (Å²) in [6.07, 6.45) is 0. The summed E-state index contributed by atoms with van der Waals surface area (Å²) in [5, 5.41) is 10.6. The van der Waals surface area contributed by atoms with Crippen LogP contribution >= 0.6 is 11.8 Å². The molecule has 0 spiro atoms. The second kappa shape index (κ2) is 9.91. The smallest absolute Gasteiger partial charge is 0.237 e. The van der Waals surface area contributed by atoms with Crippen LogP contribution in [0.2, 0.25) is 0 Å². The number of hydrogen-bond donors (Lipinski definition) is 1. The lowest BCUT2D eigenvalue weighted by molar-refractivity contribution is -0.115. The minimum Gasteiger partial charge on any atom is -0.372 e. The molecule has 1 unspecified atom stereocenters. The molecular formula is C22H25F2N5OS. The Balaban J connectivity index is 1.72. The predicted octanol–water partition coefficient (Wildman–Crippen LogP) is 4.73. The summed E-state index contributed by atoms with van der Waals surface area (Å²) in [6.45, 7) is 7.73. The van der Waals surface area contributed by atoms with Crippen molar-refractivity contribution in [1.82, 2.24) is 14.8 Å². The molecule has 3 aromatic rings. The number of para-hydroxylation sites is 1. The Morgan fingerprint density at radius 1 is 1.10 bits per heavy atom. The van der Waals surface area contributed by atoms with Crippen molar-refractivity contribution >= 4 is 29.0 Å². The van der Waals surface area contributed by atoms with E-state index in [-0.39, 0.29) is 0 Å². The number of carbonyl (C=O) groups is 1. The summed E-state index contributed by atoms with van der Waals surface area (Å²) >= 11 is 1.16. The summed E-state index contributed by atoms with van der Waals surface area (Å²) in [5.74, 6) is -1.50. The Labute approximate surface area is 184 Å². The standard InChI is InChI=1S/C22H25F2N5OS/c1-5-29(6-2)16-12-10-15(11-13-16)20-26-27-22(28(20)4)31-14(3)21(30)25-19-17(23)8-7-9-18(19)24/h7-14H,5-6H2,1-4H3,(H,25,30). The molecule has 164 valence electrons. The van der Waals surface area contributed by atoms with E-state index in [1.54, 1.807) is 11.5 Å². The lowest BCUT2D eigenvalue weighted by Crippen LogP contribution is -2.24. The van der Waals surface area contributed by atoms with Crippen LogP contribution in [0.25, 0.3) is 11.4 Å². The minimum absolute atomic E-state index is 0.452. The molecule has 0 aliphatic carbocycles. The monoisotopic (exact) mass is 445 g/mol. The minimum atomic E-state index is -0.820. The molecule has 6 nitrogen and oxygen atoms in total. The van der Waals surface area contributed by atoms with Gasteiger partial charge in [-0.25, -0.2) is 8.78 Å². The van der Waals surface area contributed by atoms with E-state index in [9.17, 15) is 13.6 Å². The Morgan fingerprint density at radius 3 is 2.29 bits per heavy atom. The average Bonchev–Trinajstić information content (AvgIpc) is 3.12. The molecule has 3 rings (SSSR count). The first-order valence-corrected chi connectivity index (χ1v) is 10.9. The van der Waals surface area contributed by atoms with Crippen LogP contribution in [0.4, 0.5) is 20.2 Å². The van der Waals surface area contributed by atoms with Crippen molar-refractivity contribution in [3.05, 3.63) is 54.1 Å². The van der Waals surface area contributed by atoms with Crippen LogP contribution in [0.5, 0.6) is 0 Å². The zero-order chi connectivity index (χ0) is 22.5. The summed E-state index contributed by atoms with van der Waals surface area (Å²) < 4.78 is 29.4. The Hall–Kier alpha value is -2.94. The normalized spacial score (nSPS) is 11.9. The van der Waals surface area contributed by atoms with Gasteiger partial charge in [-0.3, -0.25) is 4.79 Å².